The number of rotatable bonds is 6. The summed E-state index contributed by atoms with van der Waals surface area (Å²) < 4.78 is 5.00. The van der Waals surface area contributed by atoms with E-state index in [9.17, 15) is 4.79 Å². The van der Waals surface area contributed by atoms with Gasteiger partial charge in [0.25, 0.3) is 0 Å². The van der Waals surface area contributed by atoms with Crippen LogP contribution in [0.5, 0.6) is 0 Å². The second kappa shape index (κ2) is 6.93. The normalized spacial score (nSPS) is 13.0. The van der Waals surface area contributed by atoms with Gasteiger partial charge in [-0.25, -0.2) is 0 Å². The molecule has 1 unspecified atom stereocenters. The molecule has 0 spiro atoms. The van der Waals surface area contributed by atoms with Crippen LogP contribution in [0.2, 0.25) is 0 Å². The number of ether oxygens (including phenoxy) is 1. The largest absolute Gasteiger partial charge is 0.465 e. The quantitative estimate of drug-likeness (QED) is 0.595. The second-order valence-electron chi connectivity index (χ2n) is 3.98. The van der Waals surface area contributed by atoms with Gasteiger partial charge in [-0.3, -0.25) is 4.79 Å². The van der Waals surface area contributed by atoms with Crippen molar-refractivity contribution in [2.24, 2.45) is 11.8 Å². The molecule has 2 heteroatoms. The Labute approximate surface area is 81.7 Å². The lowest BCUT2D eigenvalue weighted by molar-refractivity contribution is -0.140. The summed E-state index contributed by atoms with van der Waals surface area (Å²) in [5, 5.41) is 0. The van der Waals surface area contributed by atoms with E-state index < -0.39 is 0 Å². The molecule has 13 heavy (non-hydrogen) atoms. The predicted molar refractivity (Wildman–Crippen MR) is 54.2 cm³/mol. The van der Waals surface area contributed by atoms with E-state index in [0.717, 1.165) is 12.8 Å². The van der Waals surface area contributed by atoms with Gasteiger partial charge in [-0.15, -0.1) is 0 Å². The highest BCUT2D eigenvalue weighted by molar-refractivity contribution is 5.78. The Morgan fingerprint density at radius 2 is 2.00 bits per heavy atom. The van der Waals surface area contributed by atoms with Crippen LogP contribution in [-0.4, -0.2) is 12.6 Å². The summed E-state index contributed by atoms with van der Waals surface area (Å²) in [5.74, 6) is 0.821. The third-order valence-electron chi connectivity index (χ3n) is 1.94. The van der Waals surface area contributed by atoms with E-state index in [1.165, 1.54) is 0 Å². The smallest absolute Gasteiger partial charge is 0.309 e. The van der Waals surface area contributed by atoms with Gasteiger partial charge in [0, 0.05) is 0 Å². The maximum atomic E-state index is 11.1. The second-order valence-corrected chi connectivity index (χ2v) is 3.98. The van der Waals surface area contributed by atoms with Crippen LogP contribution in [0.25, 0.3) is 0 Å². The summed E-state index contributed by atoms with van der Waals surface area (Å²) in [6.07, 6.45) is 3.58. The third-order valence-corrected chi connectivity index (χ3v) is 1.94. The van der Waals surface area contributed by atoms with Crippen molar-refractivity contribution in [3.63, 3.8) is 0 Å². The topological polar surface area (TPSA) is 26.3 Å². The summed E-state index contributed by atoms with van der Waals surface area (Å²) in [6, 6.07) is 0. The Balaban J connectivity index is 3.40. The highest BCUT2D eigenvalue weighted by Gasteiger charge is 2.07. The molecule has 0 N–H and O–H groups in total. The number of esters is 1. The van der Waals surface area contributed by atoms with Crippen LogP contribution in [0.4, 0.5) is 0 Å². The van der Waals surface area contributed by atoms with Crippen molar-refractivity contribution >= 4 is 5.97 Å². The van der Waals surface area contributed by atoms with Crippen LogP contribution in [0.3, 0.4) is 0 Å². The molecule has 0 aliphatic rings. The van der Waals surface area contributed by atoms with Gasteiger partial charge in [0.2, 0.25) is 0 Å². The van der Waals surface area contributed by atoms with Crippen LogP contribution < -0.4 is 0 Å². The molecule has 1 atom stereocenters. The van der Waals surface area contributed by atoms with E-state index in [2.05, 4.69) is 13.8 Å². The molecule has 2 nitrogen and oxygen atoms in total. The minimum atomic E-state index is -0.172. The van der Waals surface area contributed by atoms with E-state index in [0.29, 0.717) is 18.4 Å². The van der Waals surface area contributed by atoms with Gasteiger partial charge in [0.1, 0.15) is 0 Å². The number of hydrogen-bond donors (Lipinski definition) is 0. The average molecular weight is 185 g/mol. The van der Waals surface area contributed by atoms with Gasteiger partial charge in [0.15, 0.2) is 0 Å². The van der Waals surface area contributed by atoms with Crippen LogP contribution in [0.15, 0.2) is 0 Å². The molecule has 0 amide bonds. The Morgan fingerprint density at radius 1 is 1.38 bits per heavy atom. The highest BCUT2D eigenvalue weighted by atomic mass is 16.5. The first-order chi connectivity index (χ1) is 6.06. The minimum Gasteiger partial charge on any atom is -0.465 e. The zero-order valence-corrected chi connectivity index (χ0v) is 9.17. The molecule has 1 radical (unpaired) electrons. The first kappa shape index (κ1) is 12.5. The van der Waals surface area contributed by atoms with Crippen molar-refractivity contribution in [2.75, 3.05) is 6.61 Å². The van der Waals surface area contributed by atoms with E-state index in [1.54, 1.807) is 6.42 Å². The molecule has 0 saturated heterocycles. The lowest BCUT2D eigenvalue weighted by Gasteiger charge is -2.09. The monoisotopic (exact) mass is 185 g/mol. The maximum Gasteiger partial charge on any atom is 0.309 e. The highest BCUT2D eigenvalue weighted by Crippen LogP contribution is 2.09. The van der Waals surface area contributed by atoms with Crippen LogP contribution >= 0.6 is 0 Å². The summed E-state index contributed by atoms with van der Waals surface area (Å²) in [4.78, 5) is 11.1. The molecule has 0 bridgehead atoms. The van der Waals surface area contributed by atoms with Crippen molar-refractivity contribution in [1.82, 2.24) is 0 Å². The lowest BCUT2D eigenvalue weighted by Crippen LogP contribution is -2.11. The van der Waals surface area contributed by atoms with Crippen LogP contribution in [-0.2, 0) is 9.53 Å². The van der Waals surface area contributed by atoms with Gasteiger partial charge >= 0.3 is 5.97 Å². The minimum absolute atomic E-state index is 0.172. The Hall–Kier alpha value is -0.530. The zero-order valence-electron chi connectivity index (χ0n) is 9.17. The summed E-state index contributed by atoms with van der Waals surface area (Å²) in [5.41, 5.74) is 0. The van der Waals surface area contributed by atoms with E-state index in [-0.39, 0.29) is 5.97 Å². The van der Waals surface area contributed by atoms with Gasteiger partial charge < -0.3 is 4.74 Å². The Kier molecular flexibility index (Phi) is 6.65. The van der Waals surface area contributed by atoms with Crippen molar-refractivity contribution in [3.8, 4) is 0 Å². The summed E-state index contributed by atoms with van der Waals surface area (Å²) >= 11 is 0. The molecule has 0 fully saturated rings. The third kappa shape index (κ3) is 7.82. The number of carbonyl (C=O) groups is 1. The maximum absolute atomic E-state index is 11.1. The van der Waals surface area contributed by atoms with Crippen molar-refractivity contribution in [3.05, 3.63) is 6.42 Å². The first-order valence-corrected chi connectivity index (χ1v) is 5.06. The molecule has 0 aromatic carbocycles. The van der Waals surface area contributed by atoms with Crippen molar-refractivity contribution in [1.29, 1.82) is 0 Å². The molecule has 0 aromatic rings. The molecule has 0 rings (SSSR count). The van der Waals surface area contributed by atoms with Gasteiger partial charge in [-0.05, 0) is 18.3 Å². The van der Waals surface area contributed by atoms with Gasteiger partial charge in [-0.2, -0.15) is 0 Å². The van der Waals surface area contributed by atoms with E-state index >= 15 is 0 Å². The molecule has 77 valence electrons. The van der Waals surface area contributed by atoms with Gasteiger partial charge in [0.05, 0.1) is 13.0 Å². The molecule has 0 aliphatic carbocycles. The summed E-state index contributed by atoms with van der Waals surface area (Å²) in [7, 11) is 0. The van der Waals surface area contributed by atoms with Gasteiger partial charge in [-0.1, -0.05) is 34.1 Å². The van der Waals surface area contributed by atoms with E-state index in [4.69, 9.17) is 4.74 Å². The fourth-order valence-corrected chi connectivity index (χ4v) is 0.772. The molecular formula is C11H21O2. The SMILES string of the molecule is CCC(C)C[CH]C(=O)OCC(C)C. The van der Waals surface area contributed by atoms with Crippen molar-refractivity contribution < 1.29 is 9.53 Å². The fourth-order valence-electron chi connectivity index (χ4n) is 0.772. The molecule has 0 aliphatic heterocycles. The standard InChI is InChI=1S/C11H21O2/c1-5-10(4)6-7-11(12)13-8-9(2)3/h7,9-10H,5-6,8H2,1-4H3. The van der Waals surface area contributed by atoms with Crippen LogP contribution in [0.1, 0.15) is 40.5 Å². The number of carbonyl (C=O) groups excluding carboxylic acids is 1. The van der Waals surface area contributed by atoms with E-state index in [1.807, 2.05) is 13.8 Å². The molecular weight excluding hydrogens is 164 g/mol. The van der Waals surface area contributed by atoms with Crippen molar-refractivity contribution in [2.45, 2.75) is 40.5 Å². The lowest BCUT2D eigenvalue weighted by atomic mass is 10.0. The average Bonchev–Trinajstić information content (AvgIpc) is 2.10. The molecule has 0 saturated carbocycles. The first-order valence-electron chi connectivity index (χ1n) is 5.06. The van der Waals surface area contributed by atoms with Crippen LogP contribution in [0, 0.1) is 18.3 Å². The molecule has 0 heterocycles. The zero-order chi connectivity index (χ0) is 10.3. The number of hydrogen-bond acceptors (Lipinski definition) is 2. The predicted octanol–water partition coefficient (Wildman–Crippen LogP) is 2.83. The fraction of sp³-hybridized carbons (Fsp3) is 0.818. The summed E-state index contributed by atoms with van der Waals surface area (Å²) in [6.45, 7) is 8.84. The Morgan fingerprint density at radius 3 is 2.46 bits per heavy atom. The molecule has 0 aromatic heterocycles. The Bertz CT molecular complexity index is 141.